The molecule has 0 radical (unpaired) electrons. The van der Waals surface area contributed by atoms with Crippen LogP contribution in [0.1, 0.15) is 11.1 Å². The van der Waals surface area contributed by atoms with E-state index in [2.05, 4.69) is 169 Å². The van der Waals surface area contributed by atoms with Crippen molar-refractivity contribution in [2.75, 3.05) is 38.0 Å². The van der Waals surface area contributed by atoms with Crippen molar-refractivity contribution in [3.8, 4) is 22.3 Å². The van der Waals surface area contributed by atoms with Gasteiger partial charge in [-0.3, -0.25) is 0 Å². The average Bonchev–Trinajstić information content (AvgIpc) is 2.95. The molecule has 0 aliphatic heterocycles. The van der Waals surface area contributed by atoms with Crippen LogP contribution >= 0.6 is 0 Å². The lowest BCUT2D eigenvalue weighted by Gasteiger charge is -2.10. The van der Waals surface area contributed by atoms with Gasteiger partial charge in [0, 0.05) is 75.0 Å². The van der Waals surface area contributed by atoms with Crippen LogP contribution in [0.3, 0.4) is 0 Å². The first-order valence-electron chi connectivity index (χ1n) is 13.1. The summed E-state index contributed by atoms with van der Waals surface area (Å²) in [6.45, 7) is 1.73. The molecule has 0 N–H and O–H groups in total. The number of hydrogen-bond donors (Lipinski definition) is 0. The molecule has 5 aromatic rings. The SMILES string of the molecule is CN(C)c1cc[n+](Cc2ccc(-c3ccc(-c4ccc(C[n+]5ccc(N(C)C)cc5)cc4)cc3)cc2)cc1.[Br-]. The maximum absolute atomic E-state index is 2.22. The van der Waals surface area contributed by atoms with Crippen molar-refractivity contribution < 1.29 is 26.1 Å². The molecule has 5 rings (SSSR count). The fourth-order valence-corrected chi connectivity index (χ4v) is 4.59. The summed E-state index contributed by atoms with van der Waals surface area (Å²) in [5.74, 6) is 0. The van der Waals surface area contributed by atoms with Gasteiger partial charge >= 0.3 is 0 Å². The largest absolute Gasteiger partial charge is 1.00 e. The molecule has 0 saturated carbocycles. The van der Waals surface area contributed by atoms with Crippen LogP contribution in [0.15, 0.2) is 122 Å². The van der Waals surface area contributed by atoms with Gasteiger partial charge in [-0.15, -0.1) is 0 Å². The van der Waals surface area contributed by atoms with Crippen LogP contribution < -0.4 is 35.9 Å². The van der Waals surface area contributed by atoms with Crippen molar-refractivity contribution in [3.05, 3.63) is 133 Å². The fraction of sp³-hybridized carbons (Fsp3) is 0.176. The summed E-state index contributed by atoms with van der Waals surface area (Å²) >= 11 is 0. The number of halogens is 1. The first-order chi connectivity index (χ1) is 18.4. The van der Waals surface area contributed by atoms with Gasteiger partial charge in [0.25, 0.3) is 0 Å². The predicted molar refractivity (Wildman–Crippen MR) is 157 cm³/mol. The van der Waals surface area contributed by atoms with E-state index in [4.69, 9.17) is 0 Å². The third-order valence-electron chi connectivity index (χ3n) is 6.97. The molecule has 0 unspecified atom stereocenters. The second-order valence-corrected chi connectivity index (χ2v) is 10.2. The van der Waals surface area contributed by atoms with E-state index in [0.29, 0.717) is 0 Å². The van der Waals surface area contributed by atoms with Gasteiger partial charge in [-0.05, 0) is 22.3 Å². The highest BCUT2D eigenvalue weighted by Gasteiger charge is 2.07. The van der Waals surface area contributed by atoms with Crippen LogP contribution in [-0.4, -0.2) is 28.2 Å². The summed E-state index contributed by atoms with van der Waals surface area (Å²) in [5.41, 5.74) is 9.94. The maximum atomic E-state index is 2.22. The quantitative estimate of drug-likeness (QED) is 0.262. The summed E-state index contributed by atoms with van der Waals surface area (Å²) in [4.78, 5) is 4.23. The molecule has 0 amide bonds. The Bertz CT molecular complexity index is 1340. The van der Waals surface area contributed by atoms with E-state index in [-0.39, 0.29) is 17.0 Å². The summed E-state index contributed by atoms with van der Waals surface area (Å²) in [7, 11) is 8.25. The normalized spacial score (nSPS) is 10.6. The lowest BCUT2D eigenvalue weighted by Crippen LogP contribution is -3.00. The average molecular weight is 581 g/mol. The van der Waals surface area contributed by atoms with Crippen LogP contribution in [0.4, 0.5) is 11.4 Å². The molecule has 0 fully saturated rings. The van der Waals surface area contributed by atoms with E-state index in [1.165, 1.54) is 44.8 Å². The highest BCUT2D eigenvalue weighted by molar-refractivity contribution is 5.70. The molecule has 0 spiro atoms. The molecular weight excluding hydrogens is 544 g/mol. The number of hydrogen-bond acceptors (Lipinski definition) is 2. The van der Waals surface area contributed by atoms with Crippen molar-refractivity contribution in [1.29, 1.82) is 0 Å². The molecule has 2 heterocycles. The molecule has 2 aromatic heterocycles. The van der Waals surface area contributed by atoms with Crippen LogP contribution in [0.5, 0.6) is 0 Å². The summed E-state index contributed by atoms with van der Waals surface area (Å²) in [5, 5.41) is 0. The number of nitrogens with zero attached hydrogens (tertiary/aromatic N) is 4. The molecule has 3 aromatic carbocycles. The molecule has 0 aliphatic rings. The molecule has 0 bridgehead atoms. The summed E-state index contributed by atoms with van der Waals surface area (Å²) in [6, 6.07) is 35.2. The van der Waals surface area contributed by atoms with E-state index in [1.54, 1.807) is 0 Å². The van der Waals surface area contributed by atoms with Crippen LogP contribution in [0, 0.1) is 0 Å². The zero-order valence-electron chi connectivity index (χ0n) is 23.1. The van der Waals surface area contributed by atoms with E-state index < -0.39 is 0 Å². The zero-order valence-corrected chi connectivity index (χ0v) is 24.7. The lowest BCUT2D eigenvalue weighted by molar-refractivity contribution is -0.688. The van der Waals surface area contributed by atoms with Gasteiger partial charge in [0.15, 0.2) is 37.9 Å². The first kappa shape index (κ1) is 28.1. The number of anilines is 2. The van der Waals surface area contributed by atoms with Gasteiger partial charge in [-0.2, -0.15) is 0 Å². The van der Waals surface area contributed by atoms with Crippen LogP contribution in [0.25, 0.3) is 22.3 Å². The Morgan fingerprint density at radius 3 is 0.923 bits per heavy atom. The van der Waals surface area contributed by atoms with Crippen molar-refractivity contribution in [1.82, 2.24) is 0 Å². The predicted octanol–water partition coefficient (Wildman–Crippen LogP) is 2.83. The Labute approximate surface area is 243 Å². The minimum atomic E-state index is 0. The molecule has 4 nitrogen and oxygen atoms in total. The lowest BCUT2D eigenvalue weighted by atomic mass is 9.99. The second kappa shape index (κ2) is 12.7. The summed E-state index contributed by atoms with van der Waals surface area (Å²) in [6.07, 6.45) is 8.54. The van der Waals surface area contributed by atoms with E-state index in [9.17, 15) is 0 Å². The van der Waals surface area contributed by atoms with E-state index >= 15 is 0 Å². The van der Waals surface area contributed by atoms with Crippen molar-refractivity contribution in [2.45, 2.75) is 13.1 Å². The van der Waals surface area contributed by atoms with Gasteiger partial charge in [-0.25, -0.2) is 9.13 Å². The van der Waals surface area contributed by atoms with E-state index in [0.717, 1.165) is 13.1 Å². The number of rotatable bonds is 8. The van der Waals surface area contributed by atoms with Gasteiger partial charge in [0.05, 0.1) is 0 Å². The minimum Gasteiger partial charge on any atom is -1.00 e. The van der Waals surface area contributed by atoms with Gasteiger partial charge in [-0.1, -0.05) is 72.8 Å². The van der Waals surface area contributed by atoms with Gasteiger partial charge in [0.2, 0.25) is 0 Å². The third-order valence-corrected chi connectivity index (χ3v) is 6.97. The second-order valence-electron chi connectivity index (χ2n) is 10.2. The molecule has 0 saturated heterocycles. The monoisotopic (exact) mass is 579 g/mol. The highest BCUT2D eigenvalue weighted by Crippen LogP contribution is 2.25. The Morgan fingerprint density at radius 2 is 0.667 bits per heavy atom. The van der Waals surface area contributed by atoms with Crippen molar-refractivity contribution >= 4 is 11.4 Å². The molecule has 5 heteroatoms. The number of pyridine rings is 2. The number of benzene rings is 3. The van der Waals surface area contributed by atoms with Crippen molar-refractivity contribution in [3.63, 3.8) is 0 Å². The molecular formula is C34H36BrN4+. The Morgan fingerprint density at radius 1 is 0.410 bits per heavy atom. The molecule has 0 aliphatic carbocycles. The molecule has 198 valence electrons. The molecule has 39 heavy (non-hydrogen) atoms. The maximum Gasteiger partial charge on any atom is 0.173 e. The molecule has 0 atom stereocenters. The van der Waals surface area contributed by atoms with E-state index in [1.807, 2.05) is 0 Å². The minimum absolute atomic E-state index is 0. The van der Waals surface area contributed by atoms with Crippen LogP contribution in [0.2, 0.25) is 0 Å². The Hall–Kier alpha value is -3.96. The fourth-order valence-electron chi connectivity index (χ4n) is 4.59. The Kier molecular flexibility index (Phi) is 9.15. The third kappa shape index (κ3) is 7.12. The number of aromatic nitrogens is 2. The van der Waals surface area contributed by atoms with Crippen molar-refractivity contribution in [2.24, 2.45) is 0 Å². The standard InChI is InChI=1S/C34H36N4.BrH/c1-35(2)33-17-21-37(22-18-33)25-27-5-9-29(10-6-27)31-13-15-32(16-14-31)30-11-7-28(8-12-30)26-38-23-19-34(20-24-38)36(3)4;/h5-24H,25-26H2,1-4H3;1H/q+2;/p-1. The highest BCUT2D eigenvalue weighted by atomic mass is 79.9. The van der Waals surface area contributed by atoms with Gasteiger partial charge < -0.3 is 26.8 Å². The topological polar surface area (TPSA) is 14.2 Å². The first-order valence-corrected chi connectivity index (χ1v) is 13.1. The zero-order chi connectivity index (χ0) is 26.5. The smallest absolute Gasteiger partial charge is 0.173 e. The summed E-state index contributed by atoms with van der Waals surface area (Å²) < 4.78 is 4.42. The Balaban J connectivity index is 0.00000353. The van der Waals surface area contributed by atoms with Gasteiger partial charge in [0.1, 0.15) is 0 Å². The van der Waals surface area contributed by atoms with Crippen LogP contribution in [-0.2, 0) is 13.1 Å².